The van der Waals surface area contributed by atoms with E-state index in [1.165, 1.54) is 12.3 Å². The fraction of sp³-hybridized carbons (Fsp3) is 0.0938. The minimum absolute atomic E-state index is 0. The minimum atomic E-state index is -0.373. The van der Waals surface area contributed by atoms with E-state index in [1.807, 2.05) is 43.3 Å². The van der Waals surface area contributed by atoms with Gasteiger partial charge in [0.05, 0.1) is 11.9 Å². The summed E-state index contributed by atoms with van der Waals surface area (Å²) in [7, 11) is 0. The Morgan fingerprint density at radius 2 is 1.33 bits per heavy atom. The van der Waals surface area contributed by atoms with Crippen LogP contribution in [-0.2, 0) is 0 Å². The number of amides is 1. The van der Waals surface area contributed by atoms with Crippen molar-refractivity contribution in [2.75, 3.05) is 5.32 Å². The van der Waals surface area contributed by atoms with Crippen molar-refractivity contribution < 1.29 is 13.6 Å². The van der Waals surface area contributed by atoms with E-state index in [1.54, 1.807) is 24.8 Å². The van der Waals surface area contributed by atoms with E-state index in [9.17, 15) is 4.79 Å². The molecule has 0 unspecified atom stereocenters. The Morgan fingerprint density at radius 1 is 0.833 bits per heavy atom. The number of aryl methyl sites for hydroxylation is 1. The number of hydrogen-bond acceptors (Lipinski definition) is 7. The first kappa shape index (κ1) is 34.9. The van der Waals surface area contributed by atoms with Gasteiger partial charge in [0.1, 0.15) is 5.82 Å². The van der Waals surface area contributed by atoms with E-state index in [0.29, 0.717) is 5.82 Å². The molecule has 0 bridgehead atoms. The molecule has 42 heavy (non-hydrogen) atoms. The van der Waals surface area contributed by atoms with Crippen LogP contribution < -0.4 is 5.32 Å². The first-order chi connectivity index (χ1) is 20.6. The summed E-state index contributed by atoms with van der Waals surface area (Å²) in [5.41, 5.74) is 15.2. The zero-order valence-electron chi connectivity index (χ0n) is 22.6. The van der Waals surface area contributed by atoms with Gasteiger partial charge in [-0.25, -0.2) is 4.98 Å². The van der Waals surface area contributed by atoms with E-state index in [2.05, 4.69) is 98.3 Å². The molecule has 2 heterocycles. The highest BCUT2D eigenvalue weighted by molar-refractivity contribution is 6.01. The van der Waals surface area contributed by atoms with Crippen LogP contribution in [0.5, 0.6) is 0 Å². The largest absolute Gasteiger partial charge is 0.351 e. The van der Waals surface area contributed by atoms with Gasteiger partial charge in [-0.05, 0) is 120 Å². The number of nitrogens with one attached hydrogen (secondary N) is 2. The molecule has 0 saturated carbocycles. The first-order valence-corrected chi connectivity index (χ1v) is 11.3. The molecule has 0 saturated heterocycles. The second kappa shape index (κ2) is 24.2. The van der Waals surface area contributed by atoms with Gasteiger partial charge in [-0.3, -0.25) is 4.79 Å². The van der Waals surface area contributed by atoms with E-state index >= 15 is 0 Å². The zero-order chi connectivity index (χ0) is 31.3. The number of nitrogens with zero attached hydrogens (tertiary/aromatic N) is 4. The van der Waals surface area contributed by atoms with Crippen LogP contribution >= 0.6 is 0 Å². The van der Waals surface area contributed by atoms with Crippen molar-refractivity contribution in [3.05, 3.63) is 86.4 Å². The van der Waals surface area contributed by atoms with Crippen LogP contribution in [0.4, 0.5) is 5.82 Å². The van der Waals surface area contributed by atoms with Gasteiger partial charge >= 0.3 is 0 Å². The predicted molar refractivity (Wildman–Crippen MR) is 167 cm³/mol. The molecule has 1 amide bonds. The van der Waals surface area contributed by atoms with E-state index < -0.39 is 0 Å². The van der Waals surface area contributed by atoms with Crippen molar-refractivity contribution in [2.45, 2.75) is 20.8 Å². The monoisotopic (exact) mass is 558 g/mol. The molecule has 10 heteroatoms. The van der Waals surface area contributed by atoms with Gasteiger partial charge in [0.2, 0.25) is 5.76 Å². The van der Waals surface area contributed by atoms with Gasteiger partial charge in [0.25, 0.3) is 5.91 Å². The fourth-order valence-corrected chi connectivity index (χ4v) is 2.46. The molecule has 0 spiro atoms. The Labute approximate surface area is 247 Å². The summed E-state index contributed by atoms with van der Waals surface area (Å²) in [4.78, 5) is 32.1. The summed E-state index contributed by atoms with van der Waals surface area (Å²) in [6.07, 6.45) is 1.42. The second-order valence-electron chi connectivity index (χ2n) is 6.65. The van der Waals surface area contributed by atoms with Crippen LogP contribution in [-0.4, -0.2) is 16.0 Å². The molecular formula is C32H26N6O4. The van der Waals surface area contributed by atoms with Crippen LogP contribution in [0.2, 0.25) is 0 Å². The Bertz CT molecular complexity index is 1770. The lowest BCUT2D eigenvalue weighted by Gasteiger charge is -2.07. The van der Waals surface area contributed by atoms with Crippen molar-refractivity contribution in [1.82, 2.24) is 10.1 Å². The Hall–Kier alpha value is -7.12. The average Bonchev–Trinajstić information content (AvgIpc) is 3.56. The minimum Gasteiger partial charge on any atom is -0.351 e. The molecule has 3 aromatic rings. The van der Waals surface area contributed by atoms with Crippen LogP contribution in [0.25, 0.3) is 21.7 Å². The molecule has 0 aliphatic carbocycles. The number of rotatable bonds is 3. The van der Waals surface area contributed by atoms with Crippen molar-refractivity contribution in [3.8, 4) is 94.1 Å². The number of carbonyl (C=O) groups is 1. The van der Waals surface area contributed by atoms with E-state index in [4.69, 9.17) is 25.5 Å². The number of pyridine rings is 1. The molecule has 0 aliphatic rings. The highest BCUT2D eigenvalue weighted by atomic mass is 16.7. The summed E-state index contributed by atoms with van der Waals surface area (Å²) < 4.78 is 4.81. The van der Waals surface area contributed by atoms with Gasteiger partial charge in [-0.2, -0.15) is 0 Å². The number of anilines is 1. The van der Waals surface area contributed by atoms with Gasteiger partial charge in [0, 0.05) is 25.8 Å². The molecule has 0 atom stereocenters. The highest BCUT2D eigenvalue weighted by Crippen LogP contribution is 2.22. The molecule has 2 N–H and O–H groups in total. The number of carbonyl (C=O) groups excluding carboxylic acids is 1. The molecule has 10 nitrogen and oxygen atoms in total. The molecule has 3 rings (SSSR count). The highest BCUT2D eigenvalue weighted by Gasteiger charge is 2.11. The molecule has 0 fully saturated rings. The van der Waals surface area contributed by atoms with E-state index in [0.717, 1.165) is 16.8 Å². The molecule has 208 valence electrons. The van der Waals surface area contributed by atoms with Gasteiger partial charge in [-0.15, -0.1) is 5.53 Å². The summed E-state index contributed by atoms with van der Waals surface area (Å²) in [5.74, 6) is 35.8. The van der Waals surface area contributed by atoms with Crippen LogP contribution in [0.1, 0.15) is 34.2 Å². The third kappa shape index (κ3) is 15.9. The van der Waals surface area contributed by atoms with Crippen molar-refractivity contribution in [2.24, 2.45) is 0 Å². The maximum absolute atomic E-state index is 11.9. The summed E-state index contributed by atoms with van der Waals surface area (Å²) in [5, 5.41) is 6.20. The van der Waals surface area contributed by atoms with E-state index in [-0.39, 0.29) is 15.9 Å². The lowest BCUT2D eigenvalue weighted by atomic mass is 10.1. The standard InChI is InChI=1S/C16H13N3O2.C16H6.HN3.O2.3H2/c1-11-5-2-3-6-12(11)13-7-4-8-15(18-13)19-16(20)14-9-10-17-21-14;1-3-5-7-9-11-13-15-16-14-12-10-8-6-4-2;1-3-2;1-2;;;/h2-10H,1H3,(H,18,19,20);1-2H3;1H;;3*1H. The van der Waals surface area contributed by atoms with Crippen molar-refractivity contribution in [1.29, 1.82) is 5.53 Å². The van der Waals surface area contributed by atoms with Crippen LogP contribution in [0, 0.1) is 105 Å². The van der Waals surface area contributed by atoms with Gasteiger partial charge in [0.15, 0.2) is 0 Å². The number of aromatic nitrogens is 2. The maximum Gasteiger partial charge on any atom is 0.295 e. The van der Waals surface area contributed by atoms with Gasteiger partial charge < -0.3 is 9.84 Å². The zero-order valence-corrected chi connectivity index (χ0v) is 22.6. The molecular weight excluding hydrogens is 532 g/mol. The smallest absolute Gasteiger partial charge is 0.295 e. The third-order valence-corrected chi connectivity index (χ3v) is 4.01. The first-order valence-electron chi connectivity index (χ1n) is 11.3. The summed E-state index contributed by atoms with van der Waals surface area (Å²) in [6.45, 7) is 5.44. The van der Waals surface area contributed by atoms with Crippen LogP contribution in [0.3, 0.4) is 0 Å². The fourth-order valence-electron chi connectivity index (χ4n) is 2.46. The number of benzene rings is 1. The molecule has 0 radical (unpaired) electrons. The summed E-state index contributed by atoms with van der Waals surface area (Å²) >= 11 is 0. The molecule has 0 aliphatic heterocycles. The Kier molecular flexibility index (Phi) is 20.1. The van der Waals surface area contributed by atoms with Gasteiger partial charge in [-0.1, -0.05) is 47.3 Å². The Morgan fingerprint density at radius 3 is 1.79 bits per heavy atom. The van der Waals surface area contributed by atoms with Crippen molar-refractivity contribution >= 4 is 11.7 Å². The lowest BCUT2D eigenvalue weighted by Crippen LogP contribution is -2.12. The lowest BCUT2D eigenvalue weighted by molar-refractivity contribution is 0.0987. The predicted octanol–water partition coefficient (Wildman–Crippen LogP) is 6.03. The normalized spacial score (nSPS) is 6.93. The third-order valence-electron chi connectivity index (χ3n) is 4.01. The van der Waals surface area contributed by atoms with Crippen molar-refractivity contribution in [3.63, 3.8) is 0 Å². The quantitative estimate of drug-likeness (QED) is 0.173. The molecule has 1 aromatic carbocycles. The Balaban J connectivity index is -0.000000317. The summed E-state index contributed by atoms with van der Waals surface area (Å²) in [6, 6.07) is 15.0. The number of hydrogen-bond donors (Lipinski definition) is 2. The maximum atomic E-state index is 11.9. The topological polar surface area (TPSA) is 162 Å². The second-order valence-corrected chi connectivity index (χ2v) is 6.65. The average molecular weight is 559 g/mol. The van der Waals surface area contributed by atoms with Crippen LogP contribution in [0.15, 0.2) is 59.3 Å². The molecule has 2 aromatic heterocycles. The SMILES string of the molecule is CC#CC#CC#CC#CC#CC#CC#CC.Cc1ccccc1-c1cccc(NC(=O)c2ccno2)n1.O=O.[HH].[HH].[HH].[N-]=[N+]=N.